The van der Waals surface area contributed by atoms with Gasteiger partial charge >= 0.3 is 0 Å². The summed E-state index contributed by atoms with van der Waals surface area (Å²) in [4.78, 5) is 24.2. The van der Waals surface area contributed by atoms with Crippen LogP contribution in [0.15, 0.2) is 12.2 Å². The zero-order valence-corrected chi connectivity index (χ0v) is 8.92. The van der Waals surface area contributed by atoms with Crippen molar-refractivity contribution in [3.63, 3.8) is 0 Å². The number of rotatable bonds is 2. The van der Waals surface area contributed by atoms with Crippen molar-refractivity contribution in [2.75, 3.05) is 6.26 Å². The summed E-state index contributed by atoms with van der Waals surface area (Å²) in [6, 6.07) is 0.141. The zero-order chi connectivity index (χ0) is 10.1. The molecule has 14 heavy (non-hydrogen) atoms. The number of nitrogens with zero attached hydrogens (tertiary/aromatic N) is 1. The van der Waals surface area contributed by atoms with Crippen molar-refractivity contribution in [3.05, 3.63) is 12.2 Å². The molecule has 1 fully saturated rings. The average Bonchev–Trinajstić information content (AvgIpc) is 2.73. The Kier molecular flexibility index (Phi) is 2.63. The van der Waals surface area contributed by atoms with Crippen LogP contribution in [0.3, 0.4) is 0 Å². The maximum Gasteiger partial charge on any atom is 0.253 e. The lowest BCUT2D eigenvalue weighted by Crippen LogP contribution is -2.38. The molecule has 0 aromatic carbocycles. The Morgan fingerprint density at radius 2 is 1.93 bits per heavy atom. The molecule has 1 saturated carbocycles. The quantitative estimate of drug-likeness (QED) is 0.644. The molecular formula is C10H13NO2S. The summed E-state index contributed by atoms with van der Waals surface area (Å²) in [5.74, 6) is -0.275. The largest absolute Gasteiger partial charge is 0.272 e. The SMILES string of the molecule is CSC1CCC(N2C(=O)C=CC2=O)C1. The molecule has 76 valence electrons. The summed E-state index contributed by atoms with van der Waals surface area (Å²) in [7, 11) is 0. The standard InChI is InChI=1S/C10H13NO2S/c1-14-8-3-2-7(6-8)11-9(12)4-5-10(11)13/h4-5,7-8H,2-3,6H2,1H3. The fourth-order valence-corrected chi connectivity index (χ4v) is 2.92. The molecule has 2 unspecified atom stereocenters. The minimum atomic E-state index is -0.137. The number of imide groups is 1. The molecule has 0 aromatic rings. The monoisotopic (exact) mass is 211 g/mol. The van der Waals surface area contributed by atoms with E-state index in [9.17, 15) is 9.59 Å². The summed E-state index contributed by atoms with van der Waals surface area (Å²) < 4.78 is 0. The van der Waals surface area contributed by atoms with Gasteiger partial charge in [0, 0.05) is 23.4 Å². The number of carbonyl (C=O) groups is 2. The highest BCUT2D eigenvalue weighted by Gasteiger charge is 2.35. The van der Waals surface area contributed by atoms with Crippen LogP contribution in [0.2, 0.25) is 0 Å². The van der Waals surface area contributed by atoms with Crippen LogP contribution < -0.4 is 0 Å². The predicted octanol–water partition coefficient (Wildman–Crippen LogP) is 1.20. The summed E-state index contributed by atoms with van der Waals surface area (Å²) in [5, 5.41) is 0.612. The van der Waals surface area contributed by atoms with E-state index in [0.29, 0.717) is 5.25 Å². The van der Waals surface area contributed by atoms with E-state index in [1.54, 1.807) is 0 Å². The second-order valence-corrected chi connectivity index (χ2v) is 4.84. The highest BCUT2D eigenvalue weighted by molar-refractivity contribution is 7.99. The zero-order valence-electron chi connectivity index (χ0n) is 8.10. The first-order valence-electron chi connectivity index (χ1n) is 4.80. The van der Waals surface area contributed by atoms with Crippen molar-refractivity contribution in [2.24, 2.45) is 0 Å². The van der Waals surface area contributed by atoms with Gasteiger partial charge in [0.05, 0.1) is 0 Å². The number of amides is 2. The second-order valence-electron chi connectivity index (χ2n) is 3.70. The van der Waals surface area contributed by atoms with Gasteiger partial charge < -0.3 is 0 Å². The van der Waals surface area contributed by atoms with E-state index in [1.807, 2.05) is 11.8 Å². The lowest BCUT2D eigenvalue weighted by atomic mass is 10.2. The molecule has 3 nitrogen and oxygen atoms in total. The minimum absolute atomic E-state index is 0.137. The molecule has 0 aromatic heterocycles. The van der Waals surface area contributed by atoms with E-state index < -0.39 is 0 Å². The van der Waals surface area contributed by atoms with E-state index in [4.69, 9.17) is 0 Å². The average molecular weight is 211 g/mol. The fourth-order valence-electron chi connectivity index (χ4n) is 2.14. The second kappa shape index (κ2) is 3.77. The van der Waals surface area contributed by atoms with Crippen LogP contribution >= 0.6 is 11.8 Å². The minimum Gasteiger partial charge on any atom is -0.272 e. The summed E-state index contributed by atoms with van der Waals surface area (Å²) in [6.45, 7) is 0. The third-order valence-electron chi connectivity index (χ3n) is 2.90. The molecule has 0 N–H and O–H groups in total. The van der Waals surface area contributed by atoms with Crippen molar-refractivity contribution in [2.45, 2.75) is 30.6 Å². The lowest BCUT2D eigenvalue weighted by Gasteiger charge is -2.21. The van der Waals surface area contributed by atoms with Gasteiger partial charge in [0.1, 0.15) is 0 Å². The molecule has 0 bridgehead atoms. The molecule has 1 aliphatic carbocycles. The van der Waals surface area contributed by atoms with Crippen LogP contribution in [0.1, 0.15) is 19.3 Å². The highest BCUT2D eigenvalue weighted by Crippen LogP contribution is 2.32. The van der Waals surface area contributed by atoms with Gasteiger partial charge in [-0.05, 0) is 25.5 Å². The van der Waals surface area contributed by atoms with Gasteiger partial charge in [-0.3, -0.25) is 14.5 Å². The van der Waals surface area contributed by atoms with Crippen LogP contribution in [-0.2, 0) is 9.59 Å². The summed E-state index contributed by atoms with van der Waals surface area (Å²) in [6.07, 6.45) is 7.86. The fraction of sp³-hybridized carbons (Fsp3) is 0.600. The van der Waals surface area contributed by atoms with Crippen LogP contribution in [-0.4, -0.2) is 34.3 Å². The molecule has 1 heterocycles. The van der Waals surface area contributed by atoms with Crippen molar-refractivity contribution in [1.82, 2.24) is 4.90 Å². The molecule has 0 radical (unpaired) electrons. The third kappa shape index (κ3) is 1.59. The van der Waals surface area contributed by atoms with Crippen molar-refractivity contribution in [3.8, 4) is 0 Å². The third-order valence-corrected chi connectivity index (χ3v) is 3.99. The number of thioether (sulfide) groups is 1. The Morgan fingerprint density at radius 3 is 2.43 bits per heavy atom. The van der Waals surface area contributed by atoms with Gasteiger partial charge in [0.2, 0.25) is 0 Å². The Hall–Kier alpha value is -0.770. The van der Waals surface area contributed by atoms with Crippen LogP contribution in [0.25, 0.3) is 0 Å². The molecule has 2 amide bonds. The van der Waals surface area contributed by atoms with Crippen molar-refractivity contribution >= 4 is 23.6 Å². The molecular weight excluding hydrogens is 198 g/mol. The smallest absolute Gasteiger partial charge is 0.253 e. The molecule has 1 aliphatic heterocycles. The summed E-state index contributed by atoms with van der Waals surface area (Å²) in [5.41, 5.74) is 0. The number of hydrogen-bond donors (Lipinski definition) is 0. The maximum atomic E-state index is 11.4. The van der Waals surface area contributed by atoms with Gasteiger partial charge in [-0.2, -0.15) is 11.8 Å². The van der Waals surface area contributed by atoms with E-state index in [2.05, 4.69) is 6.26 Å². The first-order valence-corrected chi connectivity index (χ1v) is 6.09. The van der Waals surface area contributed by atoms with Gasteiger partial charge in [0.25, 0.3) is 11.8 Å². The summed E-state index contributed by atoms with van der Waals surface area (Å²) >= 11 is 1.83. The van der Waals surface area contributed by atoms with E-state index >= 15 is 0 Å². The Morgan fingerprint density at radius 1 is 1.29 bits per heavy atom. The van der Waals surface area contributed by atoms with E-state index in [1.165, 1.54) is 17.1 Å². The molecule has 2 aliphatic rings. The molecule has 2 rings (SSSR count). The van der Waals surface area contributed by atoms with Crippen LogP contribution in [0.4, 0.5) is 0 Å². The topological polar surface area (TPSA) is 37.4 Å². The van der Waals surface area contributed by atoms with Gasteiger partial charge in [-0.1, -0.05) is 0 Å². The first kappa shape index (κ1) is 9.77. The molecule has 4 heteroatoms. The Balaban J connectivity index is 2.03. The number of hydrogen-bond acceptors (Lipinski definition) is 3. The van der Waals surface area contributed by atoms with E-state index in [-0.39, 0.29) is 17.9 Å². The lowest BCUT2D eigenvalue weighted by molar-refractivity contribution is -0.139. The van der Waals surface area contributed by atoms with Crippen molar-refractivity contribution in [1.29, 1.82) is 0 Å². The predicted molar refractivity (Wildman–Crippen MR) is 55.9 cm³/mol. The number of carbonyl (C=O) groups excluding carboxylic acids is 2. The Bertz CT molecular complexity index is 282. The highest BCUT2D eigenvalue weighted by atomic mass is 32.2. The molecule has 0 spiro atoms. The van der Waals surface area contributed by atoms with Crippen molar-refractivity contribution < 1.29 is 9.59 Å². The first-order chi connectivity index (χ1) is 6.72. The normalized spacial score (nSPS) is 31.9. The molecule has 0 saturated heterocycles. The van der Waals surface area contributed by atoms with Gasteiger partial charge in [-0.25, -0.2) is 0 Å². The van der Waals surface area contributed by atoms with Crippen LogP contribution in [0.5, 0.6) is 0 Å². The molecule has 2 atom stereocenters. The van der Waals surface area contributed by atoms with Gasteiger partial charge in [-0.15, -0.1) is 0 Å². The Labute approximate surface area is 87.5 Å². The van der Waals surface area contributed by atoms with E-state index in [0.717, 1.165) is 19.3 Å². The van der Waals surface area contributed by atoms with Gasteiger partial charge in [0.15, 0.2) is 0 Å². The maximum absolute atomic E-state index is 11.4. The van der Waals surface area contributed by atoms with Crippen LogP contribution in [0, 0.1) is 0 Å².